The Bertz CT molecular complexity index is 843. The van der Waals surface area contributed by atoms with Crippen molar-refractivity contribution in [2.24, 2.45) is 10.9 Å². The number of nitrogens with one attached hydrogen (secondary N) is 2. The van der Waals surface area contributed by atoms with E-state index in [9.17, 15) is 0 Å². The van der Waals surface area contributed by atoms with E-state index in [1.54, 1.807) is 0 Å². The van der Waals surface area contributed by atoms with Crippen LogP contribution in [-0.4, -0.2) is 45.4 Å². The molecule has 1 heterocycles. The Morgan fingerprint density at radius 2 is 1.84 bits per heavy atom. The number of para-hydroxylation sites is 1. The van der Waals surface area contributed by atoms with Crippen molar-refractivity contribution in [3.05, 3.63) is 59.7 Å². The van der Waals surface area contributed by atoms with Crippen LogP contribution in [0.15, 0.2) is 53.5 Å². The van der Waals surface area contributed by atoms with Gasteiger partial charge in [-0.15, -0.1) is 0 Å². The summed E-state index contributed by atoms with van der Waals surface area (Å²) in [4.78, 5) is 7.14. The molecule has 0 unspecified atom stereocenters. The second kappa shape index (κ2) is 11.0. The number of ether oxygens (including phenoxy) is 2. The summed E-state index contributed by atoms with van der Waals surface area (Å²) in [5.41, 5.74) is 3.61. The molecule has 6 heteroatoms. The zero-order valence-electron chi connectivity index (χ0n) is 18.5. The Morgan fingerprint density at radius 1 is 1.06 bits per heavy atom. The van der Waals surface area contributed by atoms with Crippen LogP contribution in [0.4, 0.5) is 5.69 Å². The summed E-state index contributed by atoms with van der Waals surface area (Å²) in [5, 5.41) is 6.79. The van der Waals surface area contributed by atoms with Gasteiger partial charge in [0.1, 0.15) is 5.75 Å². The first kappa shape index (κ1) is 21.5. The van der Waals surface area contributed by atoms with Crippen LogP contribution in [0.2, 0.25) is 0 Å². The minimum atomic E-state index is 0.637. The van der Waals surface area contributed by atoms with Crippen molar-refractivity contribution in [1.82, 2.24) is 10.6 Å². The maximum atomic E-state index is 6.03. The van der Waals surface area contributed by atoms with Gasteiger partial charge in [-0.05, 0) is 49.4 Å². The lowest BCUT2D eigenvalue weighted by Crippen LogP contribution is -2.37. The Labute approximate surface area is 185 Å². The molecule has 1 aliphatic carbocycles. The van der Waals surface area contributed by atoms with E-state index in [1.807, 2.05) is 6.07 Å². The summed E-state index contributed by atoms with van der Waals surface area (Å²) >= 11 is 0. The minimum absolute atomic E-state index is 0.637. The van der Waals surface area contributed by atoms with Gasteiger partial charge in [-0.2, -0.15) is 0 Å². The summed E-state index contributed by atoms with van der Waals surface area (Å²) in [6, 6.07) is 17.0. The van der Waals surface area contributed by atoms with Gasteiger partial charge in [0.2, 0.25) is 0 Å². The SMILES string of the molecule is CCNC(=NCc1ccc(N2CCOCC2)cc1)NCc1ccccc1OCC1CC1. The number of morpholine rings is 1. The van der Waals surface area contributed by atoms with Gasteiger partial charge in [0, 0.05) is 37.4 Å². The molecule has 31 heavy (non-hydrogen) atoms. The number of nitrogens with zero attached hydrogens (tertiary/aromatic N) is 2. The normalized spacial score (nSPS) is 16.8. The molecule has 1 saturated carbocycles. The van der Waals surface area contributed by atoms with Crippen molar-refractivity contribution in [2.45, 2.75) is 32.9 Å². The number of anilines is 1. The van der Waals surface area contributed by atoms with E-state index in [0.717, 1.165) is 62.6 Å². The molecule has 0 radical (unpaired) electrons. The Balaban J connectivity index is 1.33. The fourth-order valence-corrected chi connectivity index (χ4v) is 3.61. The van der Waals surface area contributed by atoms with Crippen LogP contribution in [-0.2, 0) is 17.8 Å². The molecule has 1 saturated heterocycles. The first-order valence-corrected chi connectivity index (χ1v) is 11.5. The van der Waals surface area contributed by atoms with E-state index in [4.69, 9.17) is 14.5 Å². The van der Waals surface area contributed by atoms with Gasteiger partial charge in [0.25, 0.3) is 0 Å². The molecule has 2 aromatic rings. The van der Waals surface area contributed by atoms with Gasteiger partial charge in [-0.25, -0.2) is 4.99 Å². The van der Waals surface area contributed by atoms with E-state index in [-0.39, 0.29) is 0 Å². The molecule has 0 spiro atoms. The lowest BCUT2D eigenvalue weighted by molar-refractivity contribution is 0.122. The number of hydrogen-bond acceptors (Lipinski definition) is 4. The van der Waals surface area contributed by atoms with Gasteiger partial charge in [0.15, 0.2) is 5.96 Å². The highest BCUT2D eigenvalue weighted by molar-refractivity contribution is 5.79. The molecule has 6 nitrogen and oxygen atoms in total. The fourth-order valence-electron chi connectivity index (χ4n) is 3.61. The van der Waals surface area contributed by atoms with E-state index in [0.29, 0.717) is 13.1 Å². The van der Waals surface area contributed by atoms with Crippen molar-refractivity contribution in [2.75, 3.05) is 44.4 Å². The highest BCUT2D eigenvalue weighted by Crippen LogP contribution is 2.30. The largest absolute Gasteiger partial charge is 0.493 e. The van der Waals surface area contributed by atoms with Crippen LogP contribution in [0.1, 0.15) is 30.9 Å². The van der Waals surface area contributed by atoms with Gasteiger partial charge in [0.05, 0.1) is 26.4 Å². The zero-order valence-corrected chi connectivity index (χ0v) is 18.5. The van der Waals surface area contributed by atoms with E-state index < -0.39 is 0 Å². The van der Waals surface area contributed by atoms with Gasteiger partial charge >= 0.3 is 0 Å². The Kier molecular flexibility index (Phi) is 7.66. The van der Waals surface area contributed by atoms with Gasteiger partial charge in [-0.1, -0.05) is 30.3 Å². The Hall–Kier alpha value is -2.73. The summed E-state index contributed by atoms with van der Waals surface area (Å²) in [7, 11) is 0. The third-order valence-corrected chi connectivity index (χ3v) is 5.67. The van der Waals surface area contributed by atoms with E-state index in [2.05, 4.69) is 64.9 Å². The summed E-state index contributed by atoms with van der Waals surface area (Å²) in [6.07, 6.45) is 2.59. The lowest BCUT2D eigenvalue weighted by atomic mass is 10.2. The van der Waals surface area contributed by atoms with Crippen LogP contribution in [0.3, 0.4) is 0 Å². The predicted octanol–water partition coefficient (Wildman–Crippen LogP) is 3.57. The Morgan fingerprint density at radius 3 is 2.58 bits per heavy atom. The maximum absolute atomic E-state index is 6.03. The third-order valence-electron chi connectivity index (χ3n) is 5.67. The monoisotopic (exact) mass is 422 g/mol. The van der Waals surface area contributed by atoms with Crippen molar-refractivity contribution in [1.29, 1.82) is 0 Å². The molecule has 0 amide bonds. The summed E-state index contributed by atoms with van der Waals surface area (Å²) in [5.74, 6) is 2.53. The van der Waals surface area contributed by atoms with Crippen LogP contribution >= 0.6 is 0 Å². The zero-order chi connectivity index (χ0) is 21.3. The van der Waals surface area contributed by atoms with E-state index >= 15 is 0 Å². The van der Waals surface area contributed by atoms with Crippen LogP contribution < -0.4 is 20.3 Å². The van der Waals surface area contributed by atoms with Gasteiger partial charge in [-0.3, -0.25) is 0 Å². The number of rotatable bonds is 9. The second-order valence-corrected chi connectivity index (χ2v) is 8.18. The number of hydrogen-bond donors (Lipinski definition) is 2. The standard InChI is InChI=1S/C25H34N4O2/c1-2-26-25(28-18-22-5-3-4-6-24(22)31-19-21-7-8-21)27-17-20-9-11-23(12-10-20)29-13-15-30-16-14-29/h3-6,9-12,21H,2,7-8,13-19H2,1H3,(H2,26,27,28). The molecule has 2 aliphatic rings. The molecule has 166 valence electrons. The molecular formula is C25H34N4O2. The molecular weight excluding hydrogens is 388 g/mol. The average Bonchev–Trinajstić information content (AvgIpc) is 3.66. The molecule has 2 fully saturated rings. The fraction of sp³-hybridized carbons (Fsp3) is 0.480. The van der Waals surface area contributed by atoms with Crippen LogP contribution in [0.5, 0.6) is 5.75 Å². The molecule has 0 aromatic heterocycles. The smallest absolute Gasteiger partial charge is 0.191 e. The number of benzene rings is 2. The molecule has 0 atom stereocenters. The highest BCUT2D eigenvalue weighted by Gasteiger charge is 2.22. The first-order valence-electron chi connectivity index (χ1n) is 11.5. The van der Waals surface area contributed by atoms with Crippen LogP contribution in [0.25, 0.3) is 0 Å². The summed E-state index contributed by atoms with van der Waals surface area (Å²) in [6.45, 7) is 8.57. The predicted molar refractivity (Wildman–Crippen MR) is 126 cm³/mol. The van der Waals surface area contributed by atoms with E-state index in [1.165, 1.54) is 24.1 Å². The molecule has 2 N–H and O–H groups in total. The average molecular weight is 423 g/mol. The van der Waals surface area contributed by atoms with Crippen LogP contribution in [0, 0.1) is 5.92 Å². The quantitative estimate of drug-likeness (QED) is 0.478. The second-order valence-electron chi connectivity index (χ2n) is 8.18. The molecule has 0 bridgehead atoms. The summed E-state index contributed by atoms with van der Waals surface area (Å²) < 4.78 is 11.5. The lowest BCUT2D eigenvalue weighted by Gasteiger charge is -2.28. The molecule has 4 rings (SSSR count). The molecule has 2 aromatic carbocycles. The van der Waals surface area contributed by atoms with Crippen molar-refractivity contribution < 1.29 is 9.47 Å². The maximum Gasteiger partial charge on any atom is 0.191 e. The topological polar surface area (TPSA) is 58.1 Å². The van der Waals surface area contributed by atoms with Crippen molar-refractivity contribution in [3.8, 4) is 5.75 Å². The first-order chi connectivity index (χ1) is 15.3. The highest BCUT2D eigenvalue weighted by atomic mass is 16.5. The van der Waals surface area contributed by atoms with Crippen molar-refractivity contribution in [3.63, 3.8) is 0 Å². The number of guanidine groups is 1. The third kappa shape index (κ3) is 6.62. The number of aliphatic imine (C=N–C) groups is 1. The van der Waals surface area contributed by atoms with Crippen molar-refractivity contribution >= 4 is 11.6 Å². The minimum Gasteiger partial charge on any atom is -0.493 e. The van der Waals surface area contributed by atoms with Gasteiger partial charge < -0.3 is 25.0 Å². The molecule has 1 aliphatic heterocycles.